The van der Waals surface area contributed by atoms with Crippen molar-refractivity contribution in [2.45, 2.75) is 43.7 Å². The molecule has 1 saturated carbocycles. The molecule has 4 heteroatoms. The zero-order valence-corrected chi connectivity index (χ0v) is 13.3. The summed E-state index contributed by atoms with van der Waals surface area (Å²) in [7, 11) is 6.12. The largest absolute Gasteiger partial charge is 0.311 e. The molecule has 0 radical (unpaired) electrons. The average molecular weight is 299 g/mol. The van der Waals surface area contributed by atoms with Crippen molar-refractivity contribution in [2.24, 2.45) is 0 Å². The summed E-state index contributed by atoms with van der Waals surface area (Å²) in [6.45, 7) is 0. The van der Waals surface area contributed by atoms with Crippen LogP contribution in [-0.4, -0.2) is 31.6 Å². The molecule has 1 aliphatic rings. The molecule has 1 fully saturated rings. The van der Waals surface area contributed by atoms with Crippen LogP contribution in [0.2, 0.25) is 5.02 Å². The van der Waals surface area contributed by atoms with Crippen molar-refractivity contribution in [3.63, 3.8) is 0 Å². The standard InChI is InChI=1S/C16H24ClFN2/c1-19-15(13-8-7-12(17)11-14(13)18)16(20(2)3)9-5-4-6-10-16/h7-8,11,15,19H,4-6,9-10H2,1-3H3. The number of nitrogens with zero attached hydrogens (tertiary/aromatic N) is 1. The van der Waals surface area contributed by atoms with Crippen LogP contribution in [0.25, 0.3) is 0 Å². The molecular weight excluding hydrogens is 275 g/mol. The highest BCUT2D eigenvalue weighted by atomic mass is 35.5. The van der Waals surface area contributed by atoms with E-state index in [1.54, 1.807) is 6.07 Å². The van der Waals surface area contributed by atoms with Gasteiger partial charge in [-0.25, -0.2) is 4.39 Å². The minimum Gasteiger partial charge on any atom is -0.311 e. The van der Waals surface area contributed by atoms with Crippen LogP contribution >= 0.6 is 11.6 Å². The first kappa shape index (κ1) is 15.7. The maximum absolute atomic E-state index is 14.3. The summed E-state index contributed by atoms with van der Waals surface area (Å²) in [6, 6.07) is 4.98. The van der Waals surface area contributed by atoms with Gasteiger partial charge >= 0.3 is 0 Å². The Hall–Kier alpha value is -0.640. The van der Waals surface area contributed by atoms with Gasteiger partial charge in [0.1, 0.15) is 5.82 Å². The van der Waals surface area contributed by atoms with Crippen LogP contribution < -0.4 is 5.32 Å². The number of hydrogen-bond donors (Lipinski definition) is 1. The molecule has 0 bridgehead atoms. The molecule has 0 amide bonds. The second-order valence-electron chi connectivity index (χ2n) is 5.95. The third-order valence-corrected chi connectivity index (χ3v) is 4.94. The second-order valence-corrected chi connectivity index (χ2v) is 6.38. The number of benzene rings is 1. The van der Waals surface area contributed by atoms with E-state index in [4.69, 9.17) is 11.6 Å². The quantitative estimate of drug-likeness (QED) is 0.904. The van der Waals surface area contributed by atoms with E-state index in [9.17, 15) is 4.39 Å². The Morgan fingerprint density at radius 2 is 1.90 bits per heavy atom. The monoisotopic (exact) mass is 298 g/mol. The molecule has 1 aliphatic carbocycles. The van der Waals surface area contributed by atoms with E-state index in [2.05, 4.69) is 24.3 Å². The highest BCUT2D eigenvalue weighted by Crippen LogP contribution is 2.42. The predicted molar refractivity (Wildman–Crippen MR) is 82.7 cm³/mol. The van der Waals surface area contributed by atoms with Gasteiger partial charge in [-0.2, -0.15) is 0 Å². The van der Waals surface area contributed by atoms with Gasteiger partial charge < -0.3 is 10.2 Å². The molecule has 2 nitrogen and oxygen atoms in total. The summed E-state index contributed by atoms with van der Waals surface area (Å²) in [6.07, 6.45) is 5.85. The van der Waals surface area contributed by atoms with Crippen LogP contribution in [0.4, 0.5) is 4.39 Å². The van der Waals surface area contributed by atoms with Gasteiger partial charge in [0.2, 0.25) is 0 Å². The lowest BCUT2D eigenvalue weighted by Gasteiger charge is -2.48. The van der Waals surface area contributed by atoms with Crippen LogP contribution in [-0.2, 0) is 0 Å². The molecule has 1 aromatic rings. The van der Waals surface area contributed by atoms with Gasteiger partial charge in [0.05, 0.1) is 6.04 Å². The number of nitrogens with one attached hydrogen (secondary N) is 1. The molecule has 2 rings (SSSR count). The van der Waals surface area contributed by atoms with Crippen LogP contribution in [0.5, 0.6) is 0 Å². The number of rotatable bonds is 4. The summed E-state index contributed by atoms with van der Waals surface area (Å²) in [5, 5.41) is 3.79. The molecule has 112 valence electrons. The SMILES string of the molecule is CNC(c1ccc(Cl)cc1F)C1(N(C)C)CCCCC1. The van der Waals surface area contributed by atoms with E-state index in [0.717, 1.165) is 12.8 Å². The highest BCUT2D eigenvalue weighted by molar-refractivity contribution is 6.30. The fourth-order valence-corrected chi connectivity index (χ4v) is 3.77. The molecule has 20 heavy (non-hydrogen) atoms. The van der Waals surface area contributed by atoms with E-state index in [0.29, 0.717) is 10.6 Å². The first-order valence-electron chi connectivity index (χ1n) is 7.31. The van der Waals surface area contributed by atoms with E-state index < -0.39 is 0 Å². The van der Waals surface area contributed by atoms with Gasteiger partial charge in [0.15, 0.2) is 0 Å². The maximum atomic E-state index is 14.3. The Morgan fingerprint density at radius 3 is 2.40 bits per heavy atom. The van der Waals surface area contributed by atoms with Crippen molar-refractivity contribution >= 4 is 11.6 Å². The molecule has 0 aromatic heterocycles. The van der Waals surface area contributed by atoms with Gasteiger partial charge in [-0.3, -0.25) is 0 Å². The molecular formula is C16H24ClFN2. The van der Waals surface area contributed by atoms with Crippen LogP contribution in [0.1, 0.15) is 43.7 Å². The van der Waals surface area contributed by atoms with Crippen LogP contribution in [0.15, 0.2) is 18.2 Å². The lowest BCUT2D eigenvalue weighted by atomic mass is 9.73. The van der Waals surface area contributed by atoms with E-state index in [-0.39, 0.29) is 17.4 Å². The zero-order chi connectivity index (χ0) is 14.8. The summed E-state index contributed by atoms with van der Waals surface area (Å²) in [4.78, 5) is 2.27. The van der Waals surface area contributed by atoms with Crippen molar-refractivity contribution in [1.82, 2.24) is 10.2 Å². The first-order chi connectivity index (χ1) is 9.51. The minimum absolute atomic E-state index is 0.0185. The minimum atomic E-state index is -0.219. The summed E-state index contributed by atoms with van der Waals surface area (Å²) < 4.78 is 14.3. The van der Waals surface area contributed by atoms with Crippen molar-refractivity contribution < 1.29 is 4.39 Å². The van der Waals surface area contributed by atoms with Crippen molar-refractivity contribution in [3.8, 4) is 0 Å². The lowest BCUT2D eigenvalue weighted by molar-refractivity contribution is 0.0581. The van der Waals surface area contributed by atoms with Gasteiger partial charge in [-0.05, 0) is 46.1 Å². The number of halogens is 2. The molecule has 1 unspecified atom stereocenters. The number of likely N-dealkylation sites (N-methyl/N-ethyl adjacent to an activating group) is 2. The molecule has 1 atom stereocenters. The van der Waals surface area contributed by atoms with Crippen molar-refractivity contribution in [2.75, 3.05) is 21.1 Å². The third kappa shape index (κ3) is 2.85. The summed E-state index contributed by atoms with van der Waals surface area (Å²) >= 11 is 5.88. The normalized spacial score (nSPS) is 20.1. The maximum Gasteiger partial charge on any atom is 0.129 e. The Balaban J connectivity index is 2.42. The fraction of sp³-hybridized carbons (Fsp3) is 0.625. The van der Waals surface area contributed by atoms with E-state index in [1.807, 2.05) is 13.1 Å². The van der Waals surface area contributed by atoms with E-state index >= 15 is 0 Å². The Morgan fingerprint density at radius 1 is 1.25 bits per heavy atom. The topological polar surface area (TPSA) is 15.3 Å². The molecule has 0 aliphatic heterocycles. The average Bonchev–Trinajstić information content (AvgIpc) is 2.43. The Bertz CT molecular complexity index is 456. The fourth-order valence-electron chi connectivity index (χ4n) is 3.61. The second kappa shape index (κ2) is 6.42. The zero-order valence-electron chi connectivity index (χ0n) is 12.5. The van der Waals surface area contributed by atoms with Gasteiger partial charge in [-0.15, -0.1) is 0 Å². The van der Waals surface area contributed by atoms with Gasteiger partial charge in [0, 0.05) is 16.1 Å². The van der Waals surface area contributed by atoms with Crippen molar-refractivity contribution in [3.05, 3.63) is 34.6 Å². The van der Waals surface area contributed by atoms with Gasteiger partial charge in [0.25, 0.3) is 0 Å². The smallest absolute Gasteiger partial charge is 0.129 e. The lowest BCUT2D eigenvalue weighted by Crippen LogP contribution is -2.54. The van der Waals surface area contributed by atoms with Crippen LogP contribution in [0.3, 0.4) is 0 Å². The number of hydrogen-bond acceptors (Lipinski definition) is 2. The molecule has 1 aromatic carbocycles. The summed E-state index contributed by atoms with van der Waals surface area (Å²) in [5.41, 5.74) is 0.689. The molecule has 0 spiro atoms. The third-order valence-electron chi connectivity index (χ3n) is 4.71. The summed E-state index contributed by atoms with van der Waals surface area (Å²) in [5.74, 6) is -0.219. The Labute approximate surface area is 126 Å². The highest BCUT2D eigenvalue weighted by Gasteiger charge is 2.42. The van der Waals surface area contributed by atoms with Gasteiger partial charge in [-0.1, -0.05) is 36.9 Å². The predicted octanol–water partition coefficient (Wildman–Crippen LogP) is 4.00. The molecule has 0 heterocycles. The first-order valence-corrected chi connectivity index (χ1v) is 7.69. The van der Waals surface area contributed by atoms with E-state index in [1.165, 1.54) is 25.3 Å². The molecule has 1 N–H and O–H groups in total. The van der Waals surface area contributed by atoms with Crippen molar-refractivity contribution in [1.29, 1.82) is 0 Å². The Kier molecular flexibility index (Phi) is 5.05. The molecule has 0 saturated heterocycles. The van der Waals surface area contributed by atoms with Crippen LogP contribution in [0, 0.1) is 5.82 Å².